The Bertz CT molecular complexity index is 455. The lowest BCUT2D eigenvalue weighted by atomic mass is 10.0. The van der Waals surface area contributed by atoms with Crippen LogP contribution in [0.2, 0.25) is 0 Å². The monoisotopic (exact) mass is 289 g/mol. The van der Waals surface area contributed by atoms with Gasteiger partial charge in [0, 0.05) is 25.7 Å². The first-order valence-electron chi connectivity index (χ1n) is 7.92. The third-order valence-electron chi connectivity index (χ3n) is 4.19. The number of hydrogen-bond acceptors (Lipinski definition) is 3. The number of hydrogen-bond donors (Lipinski definition) is 1. The maximum absolute atomic E-state index is 12.6. The van der Waals surface area contributed by atoms with Crippen LogP contribution in [0.1, 0.15) is 28.8 Å². The molecular weight excluding hydrogens is 262 g/mol. The molecule has 116 valence electrons. The first-order valence-corrected chi connectivity index (χ1v) is 7.92. The molecule has 1 saturated heterocycles. The van der Waals surface area contributed by atoms with E-state index in [2.05, 4.69) is 16.3 Å². The molecule has 4 heteroatoms. The zero-order valence-corrected chi connectivity index (χ0v) is 13.3. The van der Waals surface area contributed by atoms with Crippen LogP contribution in [-0.4, -0.2) is 62.5 Å². The molecule has 0 aromatic heterocycles. The molecule has 1 aliphatic heterocycles. The third kappa shape index (κ3) is 4.55. The second-order valence-electron chi connectivity index (χ2n) is 5.79. The fourth-order valence-electron chi connectivity index (χ4n) is 2.81. The molecule has 1 aliphatic rings. The fourth-order valence-corrected chi connectivity index (χ4v) is 2.81. The molecule has 1 aromatic carbocycles. The van der Waals surface area contributed by atoms with Gasteiger partial charge >= 0.3 is 0 Å². The summed E-state index contributed by atoms with van der Waals surface area (Å²) in [5.41, 5.74) is 1.97. The van der Waals surface area contributed by atoms with Crippen LogP contribution < -0.4 is 5.32 Å². The minimum atomic E-state index is 0.140. The molecule has 1 N–H and O–H groups in total. The van der Waals surface area contributed by atoms with Crippen molar-refractivity contribution in [3.63, 3.8) is 0 Å². The van der Waals surface area contributed by atoms with Crippen LogP contribution in [0, 0.1) is 0 Å². The number of likely N-dealkylation sites (tertiary alicyclic amines) is 1. The molecule has 0 saturated carbocycles. The van der Waals surface area contributed by atoms with E-state index < -0.39 is 0 Å². The Kier molecular flexibility index (Phi) is 6.21. The van der Waals surface area contributed by atoms with Gasteiger partial charge in [-0.15, -0.1) is 0 Å². The van der Waals surface area contributed by atoms with Crippen molar-refractivity contribution in [1.29, 1.82) is 0 Å². The molecule has 0 bridgehead atoms. The summed E-state index contributed by atoms with van der Waals surface area (Å²) in [6, 6.07) is 7.95. The highest BCUT2D eigenvalue weighted by Gasteiger charge is 2.17. The van der Waals surface area contributed by atoms with Crippen LogP contribution in [0.15, 0.2) is 24.3 Å². The number of nitrogens with zero attached hydrogens (tertiary/aromatic N) is 2. The fraction of sp³-hybridized carbons (Fsp3) is 0.588. The van der Waals surface area contributed by atoms with Crippen LogP contribution in [0.5, 0.6) is 0 Å². The van der Waals surface area contributed by atoms with Crippen molar-refractivity contribution in [1.82, 2.24) is 15.1 Å². The molecule has 2 rings (SSSR count). The van der Waals surface area contributed by atoms with Gasteiger partial charge in [-0.25, -0.2) is 0 Å². The van der Waals surface area contributed by atoms with Gasteiger partial charge in [-0.05, 0) is 57.6 Å². The van der Waals surface area contributed by atoms with E-state index >= 15 is 0 Å². The standard InChI is InChI=1S/C17H27N3O/c1-18-10-9-15-7-3-4-8-16(15)17(21)19(2)13-14-20-11-5-6-12-20/h3-4,7-8,18H,5-6,9-14H2,1-2H3. The Hall–Kier alpha value is -1.39. The molecule has 0 aliphatic carbocycles. The zero-order valence-electron chi connectivity index (χ0n) is 13.3. The van der Waals surface area contributed by atoms with E-state index in [-0.39, 0.29) is 5.91 Å². The number of nitrogens with one attached hydrogen (secondary N) is 1. The molecule has 0 atom stereocenters. The van der Waals surface area contributed by atoms with E-state index in [4.69, 9.17) is 0 Å². The average Bonchev–Trinajstić information content (AvgIpc) is 3.03. The number of amides is 1. The first kappa shape index (κ1) is 16.0. The largest absolute Gasteiger partial charge is 0.340 e. The van der Waals surface area contributed by atoms with Gasteiger partial charge in [-0.3, -0.25) is 4.79 Å². The second-order valence-corrected chi connectivity index (χ2v) is 5.79. The number of carbonyl (C=O) groups excluding carboxylic acids is 1. The van der Waals surface area contributed by atoms with E-state index in [9.17, 15) is 4.79 Å². The third-order valence-corrected chi connectivity index (χ3v) is 4.19. The topological polar surface area (TPSA) is 35.6 Å². The van der Waals surface area contributed by atoms with Crippen LogP contribution in [0.3, 0.4) is 0 Å². The molecule has 0 radical (unpaired) electrons. The molecule has 0 unspecified atom stereocenters. The molecular formula is C17H27N3O. The minimum Gasteiger partial charge on any atom is -0.340 e. The van der Waals surface area contributed by atoms with Crippen LogP contribution in [-0.2, 0) is 6.42 Å². The summed E-state index contributed by atoms with van der Waals surface area (Å²) in [7, 11) is 3.85. The Balaban J connectivity index is 1.94. The smallest absolute Gasteiger partial charge is 0.253 e. The lowest BCUT2D eigenvalue weighted by Crippen LogP contribution is -2.35. The van der Waals surface area contributed by atoms with Gasteiger partial charge in [0.1, 0.15) is 0 Å². The van der Waals surface area contributed by atoms with Crippen molar-refractivity contribution in [2.24, 2.45) is 0 Å². The maximum Gasteiger partial charge on any atom is 0.253 e. The zero-order chi connectivity index (χ0) is 15.1. The van der Waals surface area contributed by atoms with Gasteiger partial charge in [0.2, 0.25) is 0 Å². The van der Waals surface area contributed by atoms with Crippen LogP contribution in [0.4, 0.5) is 0 Å². The Labute approximate surface area is 128 Å². The predicted octanol–water partition coefficient (Wildman–Crippen LogP) is 1.62. The highest BCUT2D eigenvalue weighted by molar-refractivity contribution is 5.95. The van der Waals surface area contributed by atoms with E-state index in [1.807, 2.05) is 37.2 Å². The molecule has 1 heterocycles. The Morgan fingerprint density at radius 2 is 2.00 bits per heavy atom. The van der Waals surface area contributed by atoms with Gasteiger partial charge < -0.3 is 15.1 Å². The number of rotatable bonds is 7. The van der Waals surface area contributed by atoms with Crippen LogP contribution >= 0.6 is 0 Å². The predicted molar refractivity (Wildman–Crippen MR) is 86.7 cm³/mol. The van der Waals surface area contributed by atoms with Gasteiger partial charge in [-0.1, -0.05) is 18.2 Å². The Morgan fingerprint density at radius 1 is 1.29 bits per heavy atom. The summed E-state index contributed by atoms with van der Waals surface area (Å²) in [4.78, 5) is 16.9. The molecule has 21 heavy (non-hydrogen) atoms. The molecule has 1 aromatic rings. The quantitative estimate of drug-likeness (QED) is 0.828. The summed E-state index contributed by atoms with van der Waals surface area (Å²) >= 11 is 0. The number of likely N-dealkylation sites (N-methyl/N-ethyl adjacent to an activating group) is 2. The van der Waals surface area contributed by atoms with E-state index in [1.165, 1.54) is 25.9 Å². The molecule has 1 fully saturated rings. The summed E-state index contributed by atoms with van der Waals surface area (Å²) in [5.74, 6) is 0.140. The summed E-state index contributed by atoms with van der Waals surface area (Å²) in [5, 5.41) is 3.14. The van der Waals surface area contributed by atoms with E-state index in [1.54, 1.807) is 0 Å². The van der Waals surface area contributed by atoms with Crippen molar-refractivity contribution in [3.05, 3.63) is 35.4 Å². The first-order chi connectivity index (χ1) is 10.2. The lowest BCUT2D eigenvalue weighted by Gasteiger charge is -2.22. The summed E-state index contributed by atoms with van der Waals surface area (Å²) < 4.78 is 0. The number of benzene rings is 1. The van der Waals surface area contributed by atoms with Crippen molar-refractivity contribution >= 4 is 5.91 Å². The van der Waals surface area contributed by atoms with Crippen molar-refractivity contribution in [2.75, 3.05) is 46.8 Å². The van der Waals surface area contributed by atoms with Crippen molar-refractivity contribution < 1.29 is 4.79 Å². The highest BCUT2D eigenvalue weighted by atomic mass is 16.2. The van der Waals surface area contributed by atoms with Crippen molar-refractivity contribution in [2.45, 2.75) is 19.3 Å². The molecule has 1 amide bonds. The SMILES string of the molecule is CNCCc1ccccc1C(=O)N(C)CCN1CCCC1. The van der Waals surface area contributed by atoms with Crippen molar-refractivity contribution in [3.8, 4) is 0 Å². The van der Waals surface area contributed by atoms with E-state index in [0.29, 0.717) is 0 Å². The maximum atomic E-state index is 12.6. The van der Waals surface area contributed by atoms with E-state index in [0.717, 1.165) is 37.2 Å². The van der Waals surface area contributed by atoms with Crippen LogP contribution in [0.25, 0.3) is 0 Å². The highest BCUT2D eigenvalue weighted by Crippen LogP contribution is 2.12. The average molecular weight is 289 g/mol. The lowest BCUT2D eigenvalue weighted by molar-refractivity contribution is 0.0781. The van der Waals surface area contributed by atoms with Gasteiger partial charge in [-0.2, -0.15) is 0 Å². The number of carbonyl (C=O) groups is 1. The molecule has 4 nitrogen and oxygen atoms in total. The molecule has 0 spiro atoms. The summed E-state index contributed by atoms with van der Waals surface area (Å²) in [6.45, 7) is 5.05. The normalized spacial score (nSPS) is 15.3. The van der Waals surface area contributed by atoms with Gasteiger partial charge in [0.15, 0.2) is 0 Å². The summed E-state index contributed by atoms with van der Waals surface area (Å²) in [6.07, 6.45) is 3.48. The minimum absolute atomic E-state index is 0.140. The van der Waals surface area contributed by atoms with Gasteiger partial charge in [0.25, 0.3) is 5.91 Å². The second kappa shape index (κ2) is 8.15. The van der Waals surface area contributed by atoms with Gasteiger partial charge in [0.05, 0.1) is 0 Å². The Morgan fingerprint density at radius 3 is 2.71 bits per heavy atom.